The second-order valence-electron chi connectivity index (χ2n) is 7.33. The molecule has 3 aromatic carbocycles. The van der Waals surface area contributed by atoms with Gasteiger partial charge in [-0.05, 0) is 41.8 Å². The quantitative estimate of drug-likeness (QED) is 0.316. The van der Waals surface area contributed by atoms with E-state index in [1.54, 1.807) is 37.4 Å². The van der Waals surface area contributed by atoms with Gasteiger partial charge in [-0.25, -0.2) is 0 Å². The number of para-hydroxylation sites is 1. The van der Waals surface area contributed by atoms with Gasteiger partial charge in [-0.1, -0.05) is 42.5 Å². The van der Waals surface area contributed by atoms with E-state index in [0.29, 0.717) is 42.3 Å². The van der Waals surface area contributed by atoms with Gasteiger partial charge in [0.2, 0.25) is 5.78 Å². The Morgan fingerprint density at radius 1 is 0.938 bits per heavy atom. The normalized spacial score (nSPS) is 12.4. The molecule has 0 N–H and O–H groups in total. The summed E-state index contributed by atoms with van der Waals surface area (Å²) in [7, 11) is 1.56. The maximum Gasteiger partial charge on any atom is 0.308 e. The number of nitrogens with zero attached hydrogens (tertiary/aromatic N) is 1. The number of carbonyl (C=O) groups excluding carboxylic acids is 2. The van der Waals surface area contributed by atoms with Gasteiger partial charge in [0.15, 0.2) is 11.5 Å². The molecule has 3 aromatic rings. The number of methoxy groups -OCH3 is 1. The molecule has 32 heavy (non-hydrogen) atoms. The van der Waals surface area contributed by atoms with Gasteiger partial charge in [-0.15, -0.1) is 0 Å². The highest BCUT2D eigenvalue weighted by atomic mass is 16.5. The fourth-order valence-corrected chi connectivity index (χ4v) is 3.63. The Labute approximate surface area is 186 Å². The van der Waals surface area contributed by atoms with Crippen molar-refractivity contribution in [2.45, 2.75) is 20.0 Å². The minimum absolute atomic E-state index is 0.217. The Bertz CT molecular complexity index is 1180. The number of benzene rings is 3. The molecule has 0 aromatic heterocycles. The van der Waals surface area contributed by atoms with E-state index in [2.05, 4.69) is 4.99 Å². The summed E-state index contributed by atoms with van der Waals surface area (Å²) in [4.78, 5) is 29.3. The number of ether oxygens (including phenoxy) is 3. The smallest absolute Gasteiger partial charge is 0.308 e. The molecular formula is C26H23NO5. The summed E-state index contributed by atoms with van der Waals surface area (Å²) in [6.45, 7) is 2.19. The van der Waals surface area contributed by atoms with E-state index >= 15 is 0 Å². The lowest BCUT2D eigenvalue weighted by Crippen LogP contribution is -2.23. The van der Waals surface area contributed by atoms with Gasteiger partial charge in [0.25, 0.3) is 0 Å². The Morgan fingerprint density at radius 3 is 2.44 bits per heavy atom. The van der Waals surface area contributed by atoms with Crippen molar-refractivity contribution in [2.24, 2.45) is 4.99 Å². The molecule has 4 rings (SSSR count). The van der Waals surface area contributed by atoms with Crippen LogP contribution >= 0.6 is 0 Å². The van der Waals surface area contributed by atoms with Gasteiger partial charge in [-0.2, -0.15) is 0 Å². The van der Waals surface area contributed by atoms with Crippen LogP contribution in [0.3, 0.4) is 0 Å². The van der Waals surface area contributed by atoms with Crippen molar-refractivity contribution in [3.63, 3.8) is 0 Å². The van der Waals surface area contributed by atoms with Crippen LogP contribution in [0.5, 0.6) is 17.2 Å². The number of Topliss-reactive ketones (excluding diaryl/α,β-unsaturated/α-hetero) is 1. The molecule has 0 atom stereocenters. The molecule has 162 valence electrons. The van der Waals surface area contributed by atoms with E-state index in [9.17, 15) is 9.59 Å². The Balaban J connectivity index is 1.65. The van der Waals surface area contributed by atoms with Crippen LogP contribution in [0.15, 0.2) is 71.7 Å². The molecular weight excluding hydrogens is 406 g/mol. The number of carbonyl (C=O) groups is 2. The zero-order chi connectivity index (χ0) is 22.5. The standard InChI is InChI=1S/C26H23NO5/c1-17(28)32-22-11-7-6-10-20(22)26(29)25-21-15-23(30-2)24(14-19(21)12-13-27-25)31-16-18-8-4-3-5-9-18/h3-11,14-15H,12-13,16H2,1-2H3. The van der Waals surface area contributed by atoms with Crippen LogP contribution < -0.4 is 14.2 Å². The van der Waals surface area contributed by atoms with Crippen molar-refractivity contribution in [2.75, 3.05) is 13.7 Å². The topological polar surface area (TPSA) is 74.2 Å². The van der Waals surface area contributed by atoms with Gasteiger partial charge in [0.1, 0.15) is 18.1 Å². The van der Waals surface area contributed by atoms with Crippen molar-refractivity contribution in [1.82, 2.24) is 0 Å². The van der Waals surface area contributed by atoms with E-state index in [4.69, 9.17) is 14.2 Å². The molecule has 6 nitrogen and oxygen atoms in total. The van der Waals surface area contributed by atoms with Gasteiger partial charge >= 0.3 is 5.97 Å². The number of hydrogen-bond acceptors (Lipinski definition) is 6. The fraction of sp³-hybridized carbons (Fsp3) is 0.192. The molecule has 0 aliphatic carbocycles. The number of ketones is 1. The first-order valence-corrected chi connectivity index (χ1v) is 10.3. The number of esters is 1. The number of fused-ring (bicyclic) bond motifs is 1. The molecule has 0 saturated carbocycles. The first-order chi connectivity index (χ1) is 15.6. The zero-order valence-electron chi connectivity index (χ0n) is 18.0. The van der Waals surface area contributed by atoms with Crippen LogP contribution in [0, 0.1) is 0 Å². The molecule has 0 unspecified atom stereocenters. The Kier molecular flexibility index (Phi) is 6.31. The van der Waals surface area contributed by atoms with Crippen LogP contribution in [0.4, 0.5) is 0 Å². The lowest BCUT2D eigenvalue weighted by Gasteiger charge is -2.20. The third-order valence-corrected chi connectivity index (χ3v) is 5.13. The summed E-state index contributed by atoms with van der Waals surface area (Å²) in [5.74, 6) is 0.565. The van der Waals surface area contributed by atoms with Crippen molar-refractivity contribution < 1.29 is 23.8 Å². The average Bonchev–Trinajstić information content (AvgIpc) is 2.82. The predicted molar refractivity (Wildman–Crippen MR) is 121 cm³/mol. The first kappa shape index (κ1) is 21.3. The molecule has 1 aliphatic heterocycles. The molecule has 0 spiro atoms. The van der Waals surface area contributed by atoms with Crippen LogP contribution in [-0.2, 0) is 17.8 Å². The van der Waals surface area contributed by atoms with E-state index in [-0.39, 0.29) is 17.1 Å². The molecule has 0 radical (unpaired) electrons. The summed E-state index contributed by atoms with van der Waals surface area (Å²) in [6, 6.07) is 20.2. The minimum atomic E-state index is -0.488. The summed E-state index contributed by atoms with van der Waals surface area (Å²) in [5.41, 5.74) is 3.31. The van der Waals surface area contributed by atoms with E-state index in [1.807, 2.05) is 36.4 Å². The third-order valence-electron chi connectivity index (χ3n) is 5.13. The van der Waals surface area contributed by atoms with Crippen LogP contribution in [0.25, 0.3) is 0 Å². The van der Waals surface area contributed by atoms with Crippen molar-refractivity contribution >= 4 is 17.5 Å². The minimum Gasteiger partial charge on any atom is -0.493 e. The molecule has 0 fully saturated rings. The predicted octanol–water partition coefficient (Wildman–Crippen LogP) is 4.43. The van der Waals surface area contributed by atoms with Crippen molar-refractivity contribution in [3.05, 3.63) is 89.0 Å². The second kappa shape index (κ2) is 9.47. The molecule has 0 saturated heterocycles. The summed E-state index contributed by atoms with van der Waals surface area (Å²) < 4.78 is 16.8. The highest BCUT2D eigenvalue weighted by Gasteiger charge is 2.26. The van der Waals surface area contributed by atoms with Gasteiger partial charge in [0.05, 0.1) is 12.7 Å². The summed E-state index contributed by atoms with van der Waals surface area (Å²) in [5, 5.41) is 0. The first-order valence-electron chi connectivity index (χ1n) is 10.3. The monoisotopic (exact) mass is 429 g/mol. The SMILES string of the molecule is COc1cc2c(cc1OCc1ccccc1)CCN=C2C(=O)c1ccccc1OC(C)=O. The maximum atomic E-state index is 13.4. The van der Waals surface area contributed by atoms with Gasteiger partial charge < -0.3 is 14.2 Å². The number of rotatable bonds is 7. The highest BCUT2D eigenvalue weighted by Crippen LogP contribution is 2.34. The fourth-order valence-electron chi connectivity index (χ4n) is 3.63. The summed E-state index contributed by atoms with van der Waals surface area (Å²) in [6.07, 6.45) is 0.684. The second-order valence-corrected chi connectivity index (χ2v) is 7.33. The van der Waals surface area contributed by atoms with E-state index in [1.165, 1.54) is 6.92 Å². The van der Waals surface area contributed by atoms with Crippen LogP contribution in [-0.4, -0.2) is 31.1 Å². The van der Waals surface area contributed by atoms with Crippen LogP contribution in [0.1, 0.15) is 34.0 Å². The van der Waals surface area contributed by atoms with Crippen LogP contribution in [0.2, 0.25) is 0 Å². The van der Waals surface area contributed by atoms with Crippen molar-refractivity contribution in [3.8, 4) is 17.2 Å². The molecule has 0 amide bonds. The number of aliphatic imine (C=N–C) groups is 1. The van der Waals surface area contributed by atoms with Gasteiger partial charge in [0, 0.05) is 19.0 Å². The molecule has 0 bridgehead atoms. The highest BCUT2D eigenvalue weighted by molar-refractivity contribution is 6.52. The molecule has 6 heteroatoms. The lowest BCUT2D eigenvalue weighted by atomic mass is 9.92. The molecule has 1 heterocycles. The maximum absolute atomic E-state index is 13.4. The Hall–Kier alpha value is -3.93. The van der Waals surface area contributed by atoms with E-state index < -0.39 is 5.97 Å². The Morgan fingerprint density at radius 2 is 1.69 bits per heavy atom. The third kappa shape index (κ3) is 4.54. The average molecular weight is 429 g/mol. The zero-order valence-corrected chi connectivity index (χ0v) is 18.0. The molecule has 1 aliphatic rings. The van der Waals surface area contributed by atoms with E-state index in [0.717, 1.165) is 11.1 Å². The van der Waals surface area contributed by atoms with Gasteiger partial charge in [-0.3, -0.25) is 14.6 Å². The summed E-state index contributed by atoms with van der Waals surface area (Å²) >= 11 is 0. The van der Waals surface area contributed by atoms with Crippen molar-refractivity contribution in [1.29, 1.82) is 0 Å². The lowest BCUT2D eigenvalue weighted by molar-refractivity contribution is -0.131. The largest absolute Gasteiger partial charge is 0.493 e. The number of hydrogen-bond donors (Lipinski definition) is 0.